The van der Waals surface area contributed by atoms with Crippen molar-refractivity contribution < 1.29 is 35.0 Å². The van der Waals surface area contributed by atoms with Gasteiger partial charge in [0.05, 0.1) is 25.4 Å². The van der Waals surface area contributed by atoms with Crippen molar-refractivity contribution >= 4 is 0 Å². The van der Waals surface area contributed by atoms with Crippen LogP contribution >= 0.6 is 0 Å². The first kappa shape index (κ1) is 29.5. The lowest BCUT2D eigenvalue weighted by molar-refractivity contribution is -0.302. The average Bonchev–Trinajstić information content (AvgIpc) is 2.79. The van der Waals surface area contributed by atoms with Crippen LogP contribution in [0.15, 0.2) is 12.2 Å². The third-order valence-electron chi connectivity index (χ3n) is 6.05. The Hall–Kier alpha value is -0.580. The fourth-order valence-corrected chi connectivity index (χ4v) is 3.81. The molecule has 1 rings (SSSR count). The molecule has 1 aliphatic heterocycles. The van der Waals surface area contributed by atoms with Crippen LogP contribution in [0.5, 0.6) is 0 Å². The monoisotopic (exact) mass is 461 g/mol. The standard InChI is InChI=1S/C24H47NO7/c1-2-3-4-5-6-7-8-9-10-11-12-13-14-15-19(27)18(25)17-31-24-23(30)22(29)21(28)20(16-26)32-24/h14-15,18-24,26-30H,2-13,16-17,25H2,1H3/b15-14+/t18-,19+,20?,21?,22?,23?,24+/m0/s1. The number of ether oxygens (including phenoxy) is 2. The number of hydrogen-bond donors (Lipinski definition) is 6. The highest BCUT2D eigenvalue weighted by Gasteiger charge is 2.44. The van der Waals surface area contributed by atoms with Gasteiger partial charge >= 0.3 is 0 Å². The van der Waals surface area contributed by atoms with Gasteiger partial charge in [-0.15, -0.1) is 0 Å². The minimum absolute atomic E-state index is 0.118. The van der Waals surface area contributed by atoms with E-state index in [0.29, 0.717) is 0 Å². The van der Waals surface area contributed by atoms with Gasteiger partial charge in [0.25, 0.3) is 0 Å². The second-order valence-corrected chi connectivity index (χ2v) is 8.94. The molecule has 1 saturated heterocycles. The van der Waals surface area contributed by atoms with Crippen molar-refractivity contribution in [3.05, 3.63) is 12.2 Å². The summed E-state index contributed by atoms with van der Waals surface area (Å²) >= 11 is 0. The number of allylic oxidation sites excluding steroid dienone is 1. The van der Waals surface area contributed by atoms with Crippen LogP contribution in [0.3, 0.4) is 0 Å². The lowest BCUT2D eigenvalue weighted by atomic mass is 9.99. The Morgan fingerprint density at radius 1 is 0.875 bits per heavy atom. The minimum atomic E-state index is -1.50. The molecule has 0 aliphatic carbocycles. The van der Waals surface area contributed by atoms with E-state index in [0.717, 1.165) is 12.8 Å². The molecule has 0 aromatic carbocycles. The van der Waals surface area contributed by atoms with Crippen LogP contribution in [-0.4, -0.2) is 81.6 Å². The zero-order chi connectivity index (χ0) is 23.8. The molecule has 0 aromatic rings. The lowest BCUT2D eigenvalue weighted by Crippen LogP contribution is -2.59. The highest BCUT2D eigenvalue weighted by molar-refractivity contribution is 4.94. The number of rotatable bonds is 18. The highest BCUT2D eigenvalue weighted by Crippen LogP contribution is 2.22. The molecule has 7 N–H and O–H groups in total. The van der Waals surface area contributed by atoms with Crippen molar-refractivity contribution in [3.63, 3.8) is 0 Å². The van der Waals surface area contributed by atoms with Gasteiger partial charge in [0, 0.05) is 0 Å². The van der Waals surface area contributed by atoms with Crippen LogP contribution in [0.2, 0.25) is 0 Å². The molecule has 0 aromatic heterocycles. The largest absolute Gasteiger partial charge is 0.394 e. The molecule has 0 bridgehead atoms. The van der Waals surface area contributed by atoms with E-state index in [4.69, 9.17) is 15.2 Å². The Balaban J connectivity index is 2.10. The van der Waals surface area contributed by atoms with Crippen molar-refractivity contribution in [1.29, 1.82) is 0 Å². The van der Waals surface area contributed by atoms with Gasteiger partial charge in [-0.1, -0.05) is 83.3 Å². The maximum Gasteiger partial charge on any atom is 0.186 e. The highest BCUT2D eigenvalue weighted by atomic mass is 16.7. The van der Waals surface area contributed by atoms with Crippen molar-refractivity contribution in [2.45, 2.75) is 127 Å². The molecule has 1 aliphatic rings. The first-order valence-electron chi connectivity index (χ1n) is 12.4. The summed E-state index contributed by atoms with van der Waals surface area (Å²) in [7, 11) is 0. The van der Waals surface area contributed by atoms with Gasteiger partial charge < -0.3 is 40.7 Å². The first-order chi connectivity index (χ1) is 15.4. The van der Waals surface area contributed by atoms with Crippen LogP contribution in [0, 0.1) is 0 Å². The van der Waals surface area contributed by atoms with Gasteiger partial charge in [-0.25, -0.2) is 0 Å². The molecule has 0 saturated carbocycles. The van der Waals surface area contributed by atoms with E-state index in [9.17, 15) is 25.5 Å². The first-order valence-corrected chi connectivity index (χ1v) is 12.4. The minimum Gasteiger partial charge on any atom is -0.394 e. The van der Waals surface area contributed by atoms with Crippen molar-refractivity contribution in [3.8, 4) is 0 Å². The molecule has 7 atom stereocenters. The van der Waals surface area contributed by atoms with Crippen molar-refractivity contribution in [1.82, 2.24) is 0 Å². The van der Waals surface area contributed by atoms with Crippen LogP contribution in [0.1, 0.15) is 84.0 Å². The van der Waals surface area contributed by atoms with Crippen molar-refractivity contribution in [2.24, 2.45) is 5.73 Å². The van der Waals surface area contributed by atoms with Crippen LogP contribution < -0.4 is 5.73 Å². The van der Waals surface area contributed by atoms with Crippen LogP contribution in [0.25, 0.3) is 0 Å². The summed E-state index contributed by atoms with van der Waals surface area (Å²) in [6.45, 7) is 1.60. The zero-order valence-corrected chi connectivity index (χ0v) is 19.7. The number of hydrogen-bond acceptors (Lipinski definition) is 8. The van der Waals surface area contributed by atoms with Gasteiger partial charge in [0.15, 0.2) is 6.29 Å². The van der Waals surface area contributed by atoms with Crippen molar-refractivity contribution in [2.75, 3.05) is 13.2 Å². The quantitative estimate of drug-likeness (QED) is 0.134. The Morgan fingerprint density at radius 2 is 1.44 bits per heavy atom. The Labute approximate surface area is 193 Å². The maximum absolute atomic E-state index is 10.2. The Morgan fingerprint density at radius 3 is 2.00 bits per heavy atom. The molecule has 0 amide bonds. The summed E-state index contributed by atoms with van der Waals surface area (Å²) in [4.78, 5) is 0. The normalized spacial score (nSPS) is 28.3. The van der Waals surface area contributed by atoms with Gasteiger partial charge in [-0.05, 0) is 12.8 Å². The summed E-state index contributed by atoms with van der Waals surface area (Å²) in [6, 6.07) is -0.740. The predicted molar refractivity (Wildman–Crippen MR) is 124 cm³/mol. The van der Waals surface area contributed by atoms with Gasteiger partial charge in [-0.2, -0.15) is 0 Å². The number of aliphatic hydroxyl groups is 5. The van der Waals surface area contributed by atoms with E-state index in [1.807, 2.05) is 6.08 Å². The van der Waals surface area contributed by atoms with Gasteiger partial charge in [0.2, 0.25) is 0 Å². The third kappa shape index (κ3) is 11.5. The van der Waals surface area contributed by atoms with Gasteiger partial charge in [0.1, 0.15) is 24.4 Å². The van der Waals surface area contributed by atoms with E-state index in [1.54, 1.807) is 6.08 Å². The van der Waals surface area contributed by atoms with Crippen LogP contribution in [0.4, 0.5) is 0 Å². The third-order valence-corrected chi connectivity index (χ3v) is 6.05. The summed E-state index contributed by atoms with van der Waals surface area (Å²) in [5.74, 6) is 0. The van der Waals surface area contributed by atoms with E-state index in [1.165, 1.54) is 64.2 Å². The molecular weight excluding hydrogens is 414 g/mol. The fraction of sp³-hybridized carbons (Fsp3) is 0.917. The molecule has 8 nitrogen and oxygen atoms in total. The molecular formula is C24H47NO7. The SMILES string of the molecule is CCCCCCCCCCCCC/C=C/[C@@H](O)[C@@H](N)CO[C@@H]1OC(CO)C(O)C(O)C1O. The zero-order valence-electron chi connectivity index (χ0n) is 19.7. The molecule has 0 radical (unpaired) electrons. The summed E-state index contributed by atoms with van der Waals surface area (Å²) in [5, 5.41) is 48.8. The fourth-order valence-electron chi connectivity index (χ4n) is 3.81. The molecule has 4 unspecified atom stereocenters. The number of nitrogens with two attached hydrogens (primary N) is 1. The van der Waals surface area contributed by atoms with E-state index in [2.05, 4.69) is 6.92 Å². The Bertz CT molecular complexity index is 477. The average molecular weight is 462 g/mol. The molecule has 8 heteroatoms. The van der Waals surface area contributed by atoms with Gasteiger partial charge in [-0.3, -0.25) is 0 Å². The molecule has 32 heavy (non-hydrogen) atoms. The summed E-state index contributed by atoms with van der Waals surface area (Å²) in [6.07, 6.45) is 11.1. The lowest BCUT2D eigenvalue weighted by Gasteiger charge is -2.39. The van der Waals surface area contributed by atoms with E-state index in [-0.39, 0.29) is 6.61 Å². The van der Waals surface area contributed by atoms with E-state index < -0.39 is 49.5 Å². The summed E-state index contributed by atoms with van der Waals surface area (Å²) in [5.41, 5.74) is 5.93. The Kier molecular flexibility index (Phi) is 16.4. The summed E-state index contributed by atoms with van der Waals surface area (Å²) < 4.78 is 10.6. The predicted octanol–water partition coefficient (Wildman–Crippen LogP) is 1.75. The number of aliphatic hydroxyl groups excluding tert-OH is 5. The number of unbranched alkanes of at least 4 members (excludes halogenated alkanes) is 11. The smallest absolute Gasteiger partial charge is 0.186 e. The molecule has 190 valence electrons. The van der Waals surface area contributed by atoms with E-state index >= 15 is 0 Å². The maximum atomic E-state index is 10.2. The topological polar surface area (TPSA) is 146 Å². The van der Waals surface area contributed by atoms with Crippen LogP contribution in [-0.2, 0) is 9.47 Å². The molecule has 1 heterocycles. The molecule has 1 fully saturated rings. The second kappa shape index (κ2) is 17.8. The molecule has 0 spiro atoms. The second-order valence-electron chi connectivity index (χ2n) is 8.94.